The van der Waals surface area contributed by atoms with Crippen LogP contribution >= 0.6 is 11.6 Å². The van der Waals surface area contributed by atoms with E-state index in [1.165, 1.54) is 19.3 Å². The molecule has 6 heteroatoms. The van der Waals surface area contributed by atoms with Crippen molar-refractivity contribution in [2.45, 2.75) is 58.5 Å². The van der Waals surface area contributed by atoms with Crippen molar-refractivity contribution in [3.8, 4) is 0 Å². The number of rotatable bonds is 4. The zero-order chi connectivity index (χ0) is 14.5. The standard InChI is InChI=1S/C14H23ClN4O/c1-10-13(15)11(2)19(18-10)9-8-16-14(20)17-12-6-4-3-5-7-12/h12H,3-9H2,1-2H3,(H2,16,17,20). The van der Waals surface area contributed by atoms with Crippen molar-refractivity contribution >= 4 is 17.6 Å². The minimum absolute atomic E-state index is 0.0791. The van der Waals surface area contributed by atoms with Gasteiger partial charge in [-0.25, -0.2) is 4.79 Å². The smallest absolute Gasteiger partial charge is 0.315 e. The molecule has 5 nitrogen and oxygen atoms in total. The Morgan fingerprint density at radius 1 is 1.35 bits per heavy atom. The van der Waals surface area contributed by atoms with E-state index in [-0.39, 0.29) is 6.03 Å². The van der Waals surface area contributed by atoms with Crippen LogP contribution in [0.4, 0.5) is 4.79 Å². The maximum atomic E-state index is 11.8. The minimum Gasteiger partial charge on any atom is -0.336 e. The number of hydrogen-bond donors (Lipinski definition) is 2. The SMILES string of the molecule is Cc1nn(CCNC(=O)NC2CCCCC2)c(C)c1Cl. The molecule has 0 radical (unpaired) electrons. The first-order valence-electron chi connectivity index (χ1n) is 7.32. The van der Waals surface area contributed by atoms with Gasteiger partial charge in [0.2, 0.25) is 0 Å². The van der Waals surface area contributed by atoms with Gasteiger partial charge >= 0.3 is 6.03 Å². The highest BCUT2D eigenvalue weighted by Gasteiger charge is 2.15. The van der Waals surface area contributed by atoms with Crippen LogP contribution in [-0.4, -0.2) is 28.4 Å². The molecule has 0 atom stereocenters. The van der Waals surface area contributed by atoms with Gasteiger partial charge in [-0.15, -0.1) is 0 Å². The molecule has 1 aromatic heterocycles. The van der Waals surface area contributed by atoms with Gasteiger partial charge in [0.25, 0.3) is 0 Å². The fourth-order valence-electron chi connectivity index (χ4n) is 2.65. The van der Waals surface area contributed by atoms with Crippen LogP contribution in [0.2, 0.25) is 5.02 Å². The average Bonchev–Trinajstić information content (AvgIpc) is 2.67. The Balaban J connectivity index is 1.72. The highest BCUT2D eigenvalue weighted by atomic mass is 35.5. The number of nitrogens with one attached hydrogen (secondary N) is 2. The second-order valence-corrected chi connectivity index (χ2v) is 5.82. The summed E-state index contributed by atoms with van der Waals surface area (Å²) in [5.41, 5.74) is 1.77. The number of halogens is 1. The number of aromatic nitrogens is 2. The van der Waals surface area contributed by atoms with E-state index in [0.717, 1.165) is 24.2 Å². The summed E-state index contributed by atoms with van der Waals surface area (Å²) in [4.78, 5) is 11.8. The largest absolute Gasteiger partial charge is 0.336 e. The fourth-order valence-corrected chi connectivity index (χ4v) is 2.79. The molecule has 0 saturated heterocycles. The third-order valence-electron chi connectivity index (χ3n) is 3.84. The third kappa shape index (κ3) is 3.88. The molecule has 0 unspecified atom stereocenters. The molecule has 2 rings (SSSR count). The molecule has 0 aliphatic heterocycles. The van der Waals surface area contributed by atoms with Gasteiger partial charge in [0.05, 0.1) is 23.0 Å². The zero-order valence-electron chi connectivity index (χ0n) is 12.2. The first kappa shape index (κ1) is 15.2. The third-order valence-corrected chi connectivity index (χ3v) is 4.39. The Bertz CT molecular complexity index is 466. The minimum atomic E-state index is -0.0791. The van der Waals surface area contributed by atoms with Gasteiger partial charge in [0, 0.05) is 12.6 Å². The van der Waals surface area contributed by atoms with E-state index >= 15 is 0 Å². The highest BCUT2D eigenvalue weighted by Crippen LogP contribution is 2.18. The van der Waals surface area contributed by atoms with Crippen molar-refractivity contribution in [1.29, 1.82) is 0 Å². The molecule has 2 amide bonds. The molecular formula is C14H23ClN4O. The molecule has 0 bridgehead atoms. The molecule has 20 heavy (non-hydrogen) atoms. The molecule has 1 aromatic rings. The van der Waals surface area contributed by atoms with Gasteiger partial charge in [-0.3, -0.25) is 4.68 Å². The number of hydrogen-bond acceptors (Lipinski definition) is 2. The Kier molecular flexibility index (Phi) is 5.29. The second-order valence-electron chi connectivity index (χ2n) is 5.44. The van der Waals surface area contributed by atoms with Gasteiger partial charge in [0.1, 0.15) is 0 Å². The Hall–Kier alpha value is -1.23. The van der Waals surface area contributed by atoms with E-state index < -0.39 is 0 Å². The van der Waals surface area contributed by atoms with Crippen LogP contribution in [0.15, 0.2) is 0 Å². The summed E-state index contributed by atoms with van der Waals surface area (Å²) in [5, 5.41) is 11.0. The van der Waals surface area contributed by atoms with Crippen LogP contribution in [0, 0.1) is 13.8 Å². The van der Waals surface area contributed by atoms with Gasteiger partial charge in [-0.1, -0.05) is 30.9 Å². The van der Waals surface area contributed by atoms with Crippen LogP contribution in [0.5, 0.6) is 0 Å². The summed E-state index contributed by atoms with van der Waals surface area (Å²) >= 11 is 6.09. The number of amides is 2. The summed E-state index contributed by atoms with van der Waals surface area (Å²) in [6, 6.07) is 0.261. The summed E-state index contributed by atoms with van der Waals surface area (Å²) in [6.07, 6.45) is 5.92. The first-order valence-corrected chi connectivity index (χ1v) is 7.69. The van der Waals surface area contributed by atoms with Crippen molar-refractivity contribution in [3.63, 3.8) is 0 Å². The molecule has 1 saturated carbocycles. The zero-order valence-corrected chi connectivity index (χ0v) is 13.0. The van der Waals surface area contributed by atoms with Gasteiger partial charge in [0.15, 0.2) is 0 Å². The molecular weight excluding hydrogens is 276 g/mol. The van der Waals surface area contributed by atoms with E-state index in [4.69, 9.17) is 11.6 Å². The van der Waals surface area contributed by atoms with Crippen molar-refractivity contribution in [2.75, 3.05) is 6.54 Å². The first-order chi connectivity index (χ1) is 9.58. The lowest BCUT2D eigenvalue weighted by atomic mass is 9.96. The maximum absolute atomic E-state index is 11.8. The lowest BCUT2D eigenvalue weighted by molar-refractivity contribution is 0.232. The Morgan fingerprint density at radius 2 is 2.05 bits per heavy atom. The van der Waals surface area contributed by atoms with Gasteiger partial charge in [-0.2, -0.15) is 5.10 Å². The summed E-state index contributed by atoms with van der Waals surface area (Å²) in [6.45, 7) is 5.01. The number of aryl methyl sites for hydroxylation is 1. The van der Waals surface area contributed by atoms with Gasteiger partial charge in [-0.05, 0) is 26.7 Å². The van der Waals surface area contributed by atoms with Crippen LogP contribution < -0.4 is 10.6 Å². The molecule has 1 aliphatic carbocycles. The van der Waals surface area contributed by atoms with E-state index in [9.17, 15) is 4.79 Å². The number of carbonyl (C=O) groups excluding carboxylic acids is 1. The summed E-state index contributed by atoms with van der Waals surface area (Å²) < 4.78 is 1.83. The van der Waals surface area contributed by atoms with E-state index in [2.05, 4.69) is 15.7 Å². The van der Waals surface area contributed by atoms with Crippen molar-refractivity contribution in [2.24, 2.45) is 0 Å². The van der Waals surface area contributed by atoms with Crippen LogP contribution in [0.25, 0.3) is 0 Å². The van der Waals surface area contributed by atoms with E-state index in [1.54, 1.807) is 0 Å². The normalized spacial score (nSPS) is 16.1. The van der Waals surface area contributed by atoms with Crippen molar-refractivity contribution in [3.05, 3.63) is 16.4 Å². The Labute approximate surface area is 125 Å². The molecule has 112 valence electrons. The quantitative estimate of drug-likeness (QED) is 0.898. The topological polar surface area (TPSA) is 59.0 Å². The monoisotopic (exact) mass is 298 g/mol. The fraction of sp³-hybridized carbons (Fsp3) is 0.714. The van der Waals surface area contributed by atoms with Crippen LogP contribution in [-0.2, 0) is 6.54 Å². The predicted molar refractivity (Wildman–Crippen MR) is 80.1 cm³/mol. The summed E-state index contributed by atoms with van der Waals surface area (Å²) in [5.74, 6) is 0. The maximum Gasteiger partial charge on any atom is 0.315 e. The number of nitrogens with zero attached hydrogens (tertiary/aromatic N) is 2. The van der Waals surface area contributed by atoms with Crippen LogP contribution in [0.1, 0.15) is 43.5 Å². The molecule has 0 aromatic carbocycles. The molecule has 1 aliphatic rings. The second kappa shape index (κ2) is 6.97. The molecule has 1 fully saturated rings. The molecule has 1 heterocycles. The number of carbonyl (C=O) groups is 1. The van der Waals surface area contributed by atoms with E-state index in [0.29, 0.717) is 24.2 Å². The Morgan fingerprint density at radius 3 is 2.65 bits per heavy atom. The molecule has 0 spiro atoms. The predicted octanol–water partition coefficient (Wildman–Crippen LogP) is 2.79. The average molecular weight is 299 g/mol. The molecule has 2 N–H and O–H groups in total. The van der Waals surface area contributed by atoms with Crippen molar-refractivity contribution < 1.29 is 4.79 Å². The lowest BCUT2D eigenvalue weighted by Crippen LogP contribution is -2.43. The highest BCUT2D eigenvalue weighted by molar-refractivity contribution is 6.31. The lowest BCUT2D eigenvalue weighted by Gasteiger charge is -2.22. The number of urea groups is 1. The van der Waals surface area contributed by atoms with Gasteiger partial charge < -0.3 is 10.6 Å². The summed E-state index contributed by atoms with van der Waals surface area (Å²) in [7, 11) is 0. The van der Waals surface area contributed by atoms with Crippen LogP contribution in [0.3, 0.4) is 0 Å². The van der Waals surface area contributed by atoms with E-state index in [1.807, 2.05) is 18.5 Å². The van der Waals surface area contributed by atoms with Crippen molar-refractivity contribution in [1.82, 2.24) is 20.4 Å².